The maximum absolute atomic E-state index is 5.48. The van der Waals surface area contributed by atoms with Crippen molar-refractivity contribution in [1.82, 2.24) is 5.32 Å². The summed E-state index contributed by atoms with van der Waals surface area (Å²) in [5.74, 6) is 2.22. The summed E-state index contributed by atoms with van der Waals surface area (Å²) in [5.41, 5.74) is 2.24. The molecule has 0 amide bonds. The second-order valence-electron chi connectivity index (χ2n) is 5.14. The number of benzene rings is 1. The lowest BCUT2D eigenvalue weighted by Gasteiger charge is -2.15. The van der Waals surface area contributed by atoms with E-state index in [1.54, 1.807) is 21.3 Å². The topological polar surface area (TPSA) is 39.7 Å². The van der Waals surface area contributed by atoms with Gasteiger partial charge >= 0.3 is 0 Å². The fraction of sp³-hybridized carbons (Fsp3) is 0.529. The van der Waals surface area contributed by atoms with E-state index in [0.717, 1.165) is 35.8 Å². The summed E-state index contributed by atoms with van der Waals surface area (Å²) >= 11 is 0. The van der Waals surface area contributed by atoms with Crippen LogP contribution in [0, 0.1) is 0 Å². The molecular weight excluding hydrogens is 266 g/mol. The Morgan fingerprint density at radius 1 is 1.10 bits per heavy atom. The monoisotopic (exact) mass is 293 g/mol. The standard InChI is InChI=1S/C17H27NO3/c1-7-13(11-18-12(2)3)8-15-16(20-5)9-14(19-4)10-17(15)21-6/h8-10,12,18H,7,11H2,1-6H3. The van der Waals surface area contributed by atoms with Gasteiger partial charge in [-0.25, -0.2) is 0 Å². The van der Waals surface area contributed by atoms with Crippen LogP contribution in [0.5, 0.6) is 17.2 Å². The normalized spacial score (nSPS) is 11.7. The quantitative estimate of drug-likeness (QED) is 0.796. The molecule has 4 nitrogen and oxygen atoms in total. The minimum atomic E-state index is 0.458. The molecule has 1 rings (SSSR count). The number of rotatable bonds is 8. The van der Waals surface area contributed by atoms with E-state index >= 15 is 0 Å². The van der Waals surface area contributed by atoms with Crippen LogP contribution < -0.4 is 19.5 Å². The van der Waals surface area contributed by atoms with E-state index in [0.29, 0.717) is 6.04 Å². The van der Waals surface area contributed by atoms with Crippen molar-refractivity contribution in [2.75, 3.05) is 27.9 Å². The molecule has 0 radical (unpaired) electrons. The van der Waals surface area contributed by atoms with Crippen molar-refractivity contribution >= 4 is 6.08 Å². The molecular formula is C17H27NO3. The van der Waals surface area contributed by atoms with Gasteiger partial charge in [0.05, 0.1) is 26.9 Å². The molecule has 118 valence electrons. The maximum Gasteiger partial charge on any atom is 0.133 e. The number of hydrogen-bond donors (Lipinski definition) is 1. The second kappa shape index (κ2) is 8.57. The predicted octanol–water partition coefficient (Wildman–Crippen LogP) is 3.50. The molecule has 4 heteroatoms. The highest BCUT2D eigenvalue weighted by Crippen LogP contribution is 2.35. The molecule has 1 aromatic rings. The fourth-order valence-corrected chi connectivity index (χ4v) is 1.99. The molecule has 21 heavy (non-hydrogen) atoms. The number of hydrogen-bond acceptors (Lipinski definition) is 4. The highest BCUT2D eigenvalue weighted by molar-refractivity contribution is 5.68. The first kappa shape index (κ1) is 17.4. The minimum Gasteiger partial charge on any atom is -0.496 e. The van der Waals surface area contributed by atoms with Gasteiger partial charge in [0, 0.05) is 24.7 Å². The molecule has 0 saturated carbocycles. The molecule has 0 aliphatic heterocycles. The number of methoxy groups -OCH3 is 3. The van der Waals surface area contributed by atoms with Crippen LogP contribution in [-0.2, 0) is 0 Å². The molecule has 0 aromatic heterocycles. The third-order valence-electron chi connectivity index (χ3n) is 3.29. The Morgan fingerprint density at radius 2 is 1.67 bits per heavy atom. The molecule has 0 aliphatic carbocycles. The van der Waals surface area contributed by atoms with E-state index in [2.05, 4.69) is 32.2 Å². The van der Waals surface area contributed by atoms with E-state index in [9.17, 15) is 0 Å². The van der Waals surface area contributed by atoms with E-state index < -0.39 is 0 Å². The van der Waals surface area contributed by atoms with Gasteiger partial charge in [0.1, 0.15) is 17.2 Å². The van der Waals surface area contributed by atoms with E-state index in [1.165, 1.54) is 5.57 Å². The lowest BCUT2D eigenvalue weighted by Crippen LogP contribution is -2.24. The smallest absolute Gasteiger partial charge is 0.133 e. The zero-order chi connectivity index (χ0) is 15.8. The van der Waals surface area contributed by atoms with Gasteiger partial charge in [0.2, 0.25) is 0 Å². The zero-order valence-corrected chi connectivity index (χ0v) is 13.9. The Kier molecular flexibility index (Phi) is 7.09. The van der Waals surface area contributed by atoms with E-state index in [1.807, 2.05) is 12.1 Å². The van der Waals surface area contributed by atoms with Crippen LogP contribution in [-0.4, -0.2) is 33.9 Å². The average Bonchev–Trinajstić information content (AvgIpc) is 2.50. The molecule has 1 N–H and O–H groups in total. The van der Waals surface area contributed by atoms with Gasteiger partial charge in [-0.05, 0) is 12.5 Å². The lowest BCUT2D eigenvalue weighted by atomic mass is 10.1. The van der Waals surface area contributed by atoms with Crippen LogP contribution in [0.4, 0.5) is 0 Å². The first-order valence-corrected chi connectivity index (χ1v) is 7.28. The third kappa shape index (κ3) is 4.97. The predicted molar refractivity (Wildman–Crippen MR) is 87.5 cm³/mol. The summed E-state index contributed by atoms with van der Waals surface area (Å²) in [6.07, 6.45) is 3.10. The summed E-state index contributed by atoms with van der Waals surface area (Å²) in [5, 5.41) is 3.44. The third-order valence-corrected chi connectivity index (χ3v) is 3.29. The van der Waals surface area contributed by atoms with Crippen molar-refractivity contribution in [3.05, 3.63) is 23.3 Å². The lowest BCUT2D eigenvalue weighted by molar-refractivity contribution is 0.374. The SMILES string of the molecule is CCC(=Cc1c(OC)cc(OC)cc1OC)CNC(C)C. The molecule has 0 fully saturated rings. The second-order valence-corrected chi connectivity index (χ2v) is 5.14. The zero-order valence-electron chi connectivity index (χ0n) is 13.9. The van der Waals surface area contributed by atoms with Gasteiger partial charge in [-0.3, -0.25) is 0 Å². The largest absolute Gasteiger partial charge is 0.496 e. The van der Waals surface area contributed by atoms with Crippen LogP contribution in [0.1, 0.15) is 32.8 Å². The van der Waals surface area contributed by atoms with Gasteiger partial charge in [-0.1, -0.05) is 26.3 Å². The van der Waals surface area contributed by atoms with Crippen molar-refractivity contribution in [3.8, 4) is 17.2 Å². The van der Waals surface area contributed by atoms with Crippen molar-refractivity contribution in [1.29, 1.82) is 0 Å². The molecule has 0 heterocycles. The van der Waals surface area contributed by atoms with Crippen molar-refractivity contribution in [2.24, 2.45) is 0 Å². The highest BCUT2D eigenvalue weighted by atomic mass is 16.5. The molecule has 0 aliphatic rings. The van der Waals surface area contributed by atoms with Crippen LogP contribution in [0.15, 0.2) is 17.7 Å². The van der Waals surface area contributed by atoms with Gasteiger partial charge in [-0.2, -0.15) is 0 Å². The van der Waals surface area contributed by atoms with Gasteiger partial charge in [0.25, 0.3) is 0 Å². The minimum absolute atomic E-state index is 0.458. The van der Waals surface area contributed by atoms with Gasteiger partial charge in [-0.15, -0.1) is 0 Å². The number of ether oxygens (including phenoxy) is 3. The maximum atomic E-state index is 5.48. The van der Waals surface area contributed by atoms with E-state index in [4.69, 9.17) is 14.2 Å². The molecule has 1 aromatic carbocycles. The molecule has 0 spiro atoms. The van der Waals surface area contributed by atoms with Crippen molar-refractivity contribution < 1.29 is 14.2 Å². The van der Waals surface area contributed by atoms with Gasteiger partial charge in [0.15, 0.2) is 0 Å². The fourth-order valence-electron chi connectivity index (χ4n) is 1.99. The molecule has 0 atom stereocenters. The van der Waals surface area contributed by atoms with Crippen LogP contribution >= 0.6 is 0 Å². The van der Waals surface area contributed by atoms with Gasteiger partial charge < -0.3 is 19.5 Å². The Hall–Kier alpha value is -1.68. The van der Waals surface area contributed by atoms with Crippen LogP contribution in [0.3, 0.4) is 0 Å². The molecule has 0 bridgehead atoms. The molecule has 0 unspecified atom stereocenters. The number of nitrogens with one attached hydrogen (secondary N) is 1. The van der Waals surface area contributed by atoms with Crippen molar-refractivity contribution in [2.45, 2.75) is 33.2 Å². The summed E-state index contributed by atoms with van der Waals surface area (Å²) in [6, 6.07) is 4.20. The Morgan fingerprint density at radius 3 is 2.05 bits per heavy atom. The summed E-state index contributed by atoms with van der Waals surface area (Å²) in [6.45, 7) is 7.28. The Labute approximate surface area is 128 Å². The van der Waals surface area contributed by atoms with Crippen LogP contribution in [0.2, 0.25) is 0 Å². The Bertz CT molecular complexity index is 456. The summed E-state index contributed by atoms with van der Waals surface area (Å²) in [7, 11) is 4.95. The first-order chi connectivity index (χ1) is 10.0. The van der Waals surface area contributed by atoms with Crippen molar-refractivity contribution in [3.63, 3.8) is 0 Å². The molecule has 0 saturated heterocycles. The first-order valence-electron chi connectivity index (χ1n) is 7.28. The van der Waals surface area contributed by atoms with Crippen LogP contribution in [0.25, 0.3) is 6.08 Å². The summed E-state index contributed by atoms with van der Waals surface area (Å²) in [4.78, 5) is 0. The summed E-state index contributed by atoms with van der Waals surface area (Å²) < 4.78 is 16.2. The Balaban J connectivity index is 3.19. The average molecular weight is 293 g/mol. The van der Waals surface area contributed by atoms with E-state index in [-0.39, 0.29) is 0 Å². The highest BCUT2D eigenvalue weighted by Gasteiger charge is 2.12.